The lowest BCUT2D eigenvalue weighted by Crippen LogP contribution is -2.26. The first-order valence-corrected chi connectivity index (χ1v) is 10.6. The van der Waals surface area contributed by atoms with Crippen LogP contribution in [0.1, 0.15) is 31.7 Å². The van der Waals surface area contributed by atoms with Gasteiger partial charge in [0, 0.05) is 19.0 Å². The zero-order chi connectivity index (χ0) is 22.2. The largest absolute Gasteiger partial charge is 0.490 e. The molecule has 7 nitrogen and oxygen atoms in total. The zero-order valence-corrected chi connectivity index (χ0v) is 18.7. The molecule has 2 aromatic carbocycles. The molecule has 164 valence electrons. The number of aromatic nitrogens is 2. The van der Waals surface area contributed by atoms with Gasteiger partial charge in [0.25, 0.3) is 0 Å². The van der Waals surface area contributed by atoms with Crippen LogP contribution in [0.4, 0.5) is 0 Å². The molecule has 31 heavy (non-hydrogen) atoms. The Labute approximate surface area is 186 Å². The highest BCUT2D eigenvalue weighted by Gasteiger charge is 2.16. The number of amides is 1. The third-order valence-electron chi connectivity index (χ3n) is 4.62. The number of halogens is 1. The predicted molar refractivity (Wildman–Crippen MR) is 118 cm³/mol. The van der Waals surface area contributed by atoms with Crippen LogP contribution in [0.25, 0.3) is 11.4 Å². The van der Waals surface area contributed by atoms with E-state index in [0.29, 0.717) is 59.9 Å². The van der Waals surface area contributed by atoms with E-state index in [-0.39, 0.29) is 12.5 Å². The highest BCUT2D eigenvalue weighted by atomic mass is 35.5. The summed E-state index contributed by atoms with van der Waals surface area (Å²) in [5, 5.41) is 4.51. The Kier molecular flexibility index (Phi) is 7.89. The van der Waals surface area contributed by atoms with Crippen LogP contribution in [0.5, 0.6) is 11.5 Å². The van der Waals surface area contributed by atoms with Crippen molar-refractivity contribution in [2.24, 2.45) is 0 Å². The van der Waals surface area contributed by atoms with Crippen LogP contribution in [0, 0.1) is 0 Å². The van der Waals surface area contributed by atoms with Crippen molar-refractivity contribution < 1.29 is 18.8 Å². The van der Waals surface area contributed by atoms with E-state index in [1.165, 1.54) is 0 Å². The van der Waals surface area contributed by atoms with Crippen molar-refractivity contribution in [1.82, 2.24) is 15.0 Å². The fraction of sp³-hybridized carbons (Fsp3) is 0.348. The van der Waals surface area contributed by atoms with Crippen molar-refractivity contribution in [3.63, 3.8) is 0 Å². The minimum absolute atomic E-state index is 0.0238. The lowest BCUT2D eigenvalue weighted by molar-refractivity contribution is -0.130. The number of nitrogens with zero attached hydrogens (tertiary/aromatic N) is 3. The average molecular weight is 444 g/mol. The van der Waals surface area contributed by atoms with Gasteiger partial charge in [-0.1, -0.05) is 35.0 Å². The van der Waals surface area contributed by atoms with E-state index in [0.717, 1.165) is 5.56 Å². The molecule has 0 fully saturated rings. The van der Waals surface area contributed by atoms with E-state index in [9.17, 15) is 4.79 Å². The standard InChI is InChI=1S/C23H26ClN3O4/c1-4-29-19-12-10-16(14-20(19)30-5-2)11-13-22(28)27(3)15-21-25-23(26-31-21)17-8-6-7-9-18(17)24/h6-10,12,14H,4-5,11,13,15H2,1-3H3. The van der Waals surface area contributed by atoms with Gasteiger partial charge in [0.05, 0.1) is 24.8 Å². The number of carbonyl (C=O) groups excluding carboxylic acids is 1. The average Bonchev–Trinajstić information content (AvgIpc) is 3.22. The van der Waals surface area contributed by atoms with Crippen LogP contribution in [0.2, 0.25) is 5.02 Å². The highest BCUT2D eigenvalue weighted by Crippen LogP contribution is 2.29. The molecule has 1 heterocycles. The second-order valence-electron chi connectivity index (χ2n) is 6.89. The van der Waals surface area contributed by atoms with E-state index in [4.69, 9.17) is 25.6 Å². The first kappa shape index (κ1) is 22.6. The van der Waals surface area contributed by atoms with Crippen molar-refractivity contribution in [3.05, 3.63) is 58.9 Å². The molecule has 3 aromatic rings. The summed E-state index contributed by atoms with van der Waals surface area (Å²) < 4.78 is 16.5. The molecule has 0 unspecified atom stereocenters. The Morgan fingerprint density at radius 3 is 2.58 bits per heavy atom. The number of rotatable bonds is 10. The van der Waals surface area contributed by atoms with Gasteiger partial charge < -0.3 is 18.9 Å². The molecule has 0 bridgehead atoms. The van der Waals surface area contributed by atoms with Gasteiger partial charge in [0.1, 0.15) is 0 Å². The molecular weight excluding hydrogens is 418 g/mol. The minimum Gasteiger partial charge on any atom is -0.490 e. The van der Waals surface area contributed by atoms with Gasteiger partial charge in [0.15, 0.2) is 11.5 Å². The molecule has 0 atom stereocenters. The Bertz CT molecular complexity index is 1020. The second kappa shape index (κ2) is 10.8. The summed E-state index contributed by atoms with van der Waals surface area (Å²) in [4.78, 5) is 18.5. The SMILES string of the molecule is CCOc1ccc(CCC(=O)N(C)Cc2nc(-c3ccccc3Cl)no2)cc1OCC. The second-order valence-corrected chi connectivity index (χ2v) is 7.30. The number of aryl methyl sites for hydroxylation is 1. The molecule has 0 spiro atoms. The lowest BCUT2D eigenvalue weighted by Gasteiger charge is -2.15. The van der Waals surface area contributed by atoms with Crippen LogP contribution in [0.15, 0.2) is 47.0 Å². The van der Waals surface area contributed by atoms with Gasteiger partial charge >= 0.3 is 0 Å². The maximum atomic E-state index is 12.6. The summed E-state index contributed by atoms with van der Waals surface area (Å²) >= 11 is 6.18. The molecular formula is C23H26ClN3O4. The predicted octanol–water partition coefficient (Wildman–Crippen LogP) is 4.78. The Morgan fingerprint density at radius 2 is 1.84 bits per heavy atom. The van der Waals surface area contributed by atoms with Crippen molar-refractivity contribution in [2.75, 3.05) is 20.3 Å². The van der Waals surface area contributed by atoms with E-state index < -0.39 is 0 Å². The molecule has 0 saturated heterocycles. The van der Waals surface area contributed by atoms with Crippen molar-refractivity contribution >= 4 is 17.5 Å². The topological polar surface area (TPSA) is 77.7 Å². The molecule has 1 amide bonds. The third kappa shape index (κ3) is 5.98. The molecule has 0 radical (unpaired) electrons. The molecule has 1 aromatic heterocycles. The fourth-order valence-corrected chi connectivity index (χ4v) is 3.28. The highest BCUT2D eigenvalue weighted by molar-refractivity contribution is 6.33. The van der Waals surface area contributed by atoms with Crippen LogP contribution in [-0.2, 0) is 17.8 Å². The van der Waals surface area contributed by atoms with Crippen LogP contribution >= 0.6 is 11.6 Å². The fourth-order valence-electron chi connectivity index (χ4n) is 3.06. The maximum absolute atomic E-state index is 12.6. The molecule has 0 aliphatic rings. The molecule has 0 aliphatic heterocycles. The summed E-state index contributed by atoms with van der Waals surface area (Å²) in [6, 6.07) is 13.0. The zero-order valence-electron chi connectivity index (χ0n) is 17.9. The lowest BCUT2D eigenvalue weighted by atomic mass is 10.1. The van der Waals surface area contributed by atoms with Gasteiger partial charge in [-0.3, -0.25) is 4.79 Å². The molecule has 0 saturated carbocycles. The van der Waals surface area contributed by atoms with Gasteiger partial charge in [-0.25, -0.2) is 0 Å². The summed E-state index contributed by atoms with van der Waals surface area (Å²) in [5.74, 6) is 2.14. The minimum atomic E-state index is -0.0238. The van der Waals surface area contributed by atoms with Crippen LogP contribution in [-0.4, -0.2) is 41.2 Å². The first-order chi connectivity index (χ1) is 15.0. The monoisotopic (exact) mass is 443 g/mol. The molecule has 8 heteroatoms. The van der Waals surface area contributed by atoms with Gasteiger partial charge in [-0.05, 0) is 50.1 Å². The number of benzene rings is 2. The van der Waals surface area contributed by atoms with E-state index in [1.54, 1.807) is 18.0 Å². The van der Waals surface area contributed by atoms with Crippen molar-refractivity contribution in [2.45, 2.75) is 33.2 Å². The van der Waals surface area contributed by atoms with E-state index in [2.05, 4.69) is 10.1 Å². The smallest absolute Gasteiger partial charge is 0.246 e. The summed E-state index contributed by atoms with van der Waals surface area (Å²) in [5.41, 5.74) is 1.70. The molecule has 0 aliphatic carbocycles. The number of carbonyl (C=O) groups is 1. The first-order valence-electron chi connectivity index (χ1n) is 10.2. The maximum Gasteiger partial charge on any atom is 0.246 e. The summed E-state index contributed by atoms with van der Waals surface area (Å²) in [7, 11) is 1.71. The van der Waals surface area contributed by atoms with Crippen LogP contribution in [0.3, 0.4) is 0 Å². The van der Waals surface area contributed by atoms with E-state index >= 15 is 0 Å². The third-order valence-corrected chi connectivity index (χ3v) is 4.95. The number of hydrogen-bond donors (Lipinski definition) is 0. The van der Waals surface area contributed by atoms with E-state index in [1.807, 2.05) is 50.2 Å². The van der Waals surface area contributed by atoms with Gasteiger partial charge in [-0.2, -0.15) is 4.98 Å². The number of ether oxygens (including phenoxy) is 2. The molecule has 3 rings (SSSR count). The number of hydrogen-bond acceptors (Lipinski definition) is 6. The molecule has 0 N–H and O–H groups in total. The van der Waals surface area contributed by atoms with Gasteiger partial charge in [0.2, 0.25) is 17.6 Å². The van der Waals surface area contributed by atoms with Crippen molar-refractivity contribution in [3.8, 4) is 22.9 Å². The summed E-state index contributed by atoms with van der Waals surface area (Å²) in [6.45, 7) is 5.19. The van der Waals surface area contributed by atoms with Gasteiger partial charge in [-0.15, -0.1) is 0 Å². The summed E-state index contributed by atoms with van der Waals surface area (Å²) in [6.07, 6.45) is 0.936. The Hall–Kier alpha value is -3.06. The van der Waals surface area contributed by atoms with Crippen LogP contribution < -0.4 is 9.47 Å². The van der Waals surface area contributed by atoms with Crippen molar-refractivity contribution in [1.29, 1.82) is 0 Å². The Morgan fingerprint density at radius 1 is 1.10 bits per heavy atom. The quantitative estimate of drug-likeness (QED) is 0.448. The normalized spacial score (nSPS) is 10.7. The Balaban J connectivity index is 1.58.